The highest BCUT2D eigenvalue weighted by Gasteiger charge is 2.39. The van der Waals surface area contributed by atoms with Gasteiger partial charge in [-0.25, -0.2) is 8.78 Å². The van der Waals surface area contributed by atoms with Crippen molar-refractivity contribution in [2.45, 2.75) is 31.5 Å². The molecule has 0 radical (unpaired) electrons. The molecule has 5 heteroatoms. The SMILES string of the molecule is NCc1ccc(C2C(CCC(O)c3ccc(F)cc3)CN2c2ccc(F)cc2)cc1. The number of hydrogen-bond acceptors (Lipinski definition) is 3. The number of anilines is 1. The van der Waals surface area contributed by atoms with Crippen molar-refractivity contribution in [3.05, 3.63) is 101 Å². The summed E-state index contributed by atoms with van der Waals surface area (Å²) in [7, 11) is 0. The molecule has 3 aromatic rings. The Morgan fingerprint density at radius 1 is 0.900 bits per heavy atom. The van der Waals surface area contributed by atoms with Gasteiger partial charge in [-0.05, 0) is 65.9 Å². The smallest absolute Gasteiger partial charge is 0.123 e. The van der Waals surface area contributed by atoms with Gasteiger partial charge >= 0.3 is 0 Å². The maximum Gasteiger partial charge on any atom is 0.123 e. The zero-order valence-electron chi connectivity index (χ0n) is 16.7. The molecule has 3 aromatic carbocycles. The fourth-order valence-electron chi connectivity index (χ4n) is 4.26. The van der Waals surface area contributed by atoms with Crippen LogP contribution in [0.1, 0.15) is 41.7 Å². The van der Waals surface area contributed by atoms with E-state index in [9.17, 15) is 13.9 Å². The Bertz CT molecular complexity index is 958. The monoisotopic (exact) mass is 408 g/mol. The number of aliphatic hydroxyl groups is 1. The fraction of sp³-hybridized carbons (Fsp3) is 0.280. The van der Waals surface area contributed by atoms with Crippen LogP contribution in [-0.4, -0.2) is 11.7 Å². The van der Waals surface area contributed by atoms with Gasteiger partial charge in [0.25, 0.3) is 0 Å². The molecular weight excluding hydrogens is 382 g/mol. The Hall–Kier alpha value is -2.76. The molecule has 0 aromatic heterocycles. The highest BCUT2D eigenvalue weighted by Crippen LogP contribution is 2.45. The Morgan fingerprint density at radius 3 is 2.10 bits per heavy atom. The van der Waals surface area contributed by atoms with Crippen molar-refractivity contribution < 1.29 is 13.9 Å². The van der Waals surface area contributed by atoms with Crippen molar-refractivity contribution in [2.24, 2.45) is 11.7 Å². The molecule has 30 heavy (non-hydrogen) atoms. The fourth-order valence-corrected chi connectivity index (χ4v) is 4.26. The van der Waals surface area contributed by atoms with Gasteiger partial charge < -0.3 is 15.7 Å². The number of nitrogens with zero attached hydrogens (tertiary/aromatic N) is 1. The lowest BCUT2D eigenvalue weighted by atomic mass is 9.79. The summed E-state index contributed by atoms with van der Waals surface area (Å²) in [4.78, 5) is 2.27. The van der Waals surface area contributed by atoms with E-state index in [1.54, 1.807) is 24.3 Å². The summed E-state index contributed by atoms with van der Waals surface area (Å²) in [5, 5.41) is 10.5. The Kier molecular flexibility index (Phi) is 6.11. The standard InChI is InChI=1S/C25H26F2N2O/c26-21-8-5-18(6-9-21)24(30)14-7-20-16-29(23-12-10-22(27)11-13-23)25(20)19-3-1-17(15-28)2-4-19/h1-6,8-13,20,24-25,30H,7,14-16,28H2. The van der Waals surface area contributed by atoms with Gasteiger partial charge in [0.1, 0.15) is 11.6 Å². The average Bonchev–Trinajstić information content (AvgIpc) is 2.75. The van der Waals surface area contributed by atoms with E-state index in [4.69, 9.17) is 5.73 Å². The molecule has 0 spiro atoms. The minimum atomic E-state index is -0.620. The second kappa shape index (κ2) is 8.94. The van der Waals surface area contributed by atoms with Crippen LogP contribution in [0.25, 0.3) is 0 Å². The van der Waals surface area contributed by atoms with Crippen LogP contribution < -0.4 is 10.6 Å². The summed E-state index contributed by atoms with van der Waals surface area (Å²) in [5.74, 6) is -0.197. The number of hydrogen-bond donors (Lipinski definition) is 2. The summed E-state index contributed by atoms with van der Waals surface area (Å²) < 4.78 is 26.5. The lowest BCUT2D eigenvalue weighted by Gasteiger charge is -2.50. The van der Waals surface area contributed by atoms with Gasteiger partial charge in [0.2, 0.25) is 0 Å². The van der Waals surface area contributed by atoms with Gasteiger partial charge in [0.05, 0.1) is 12.1 Å². The van der Waals surface area contributed by atoms with Gasteiger partial charge in [-0.3, -0.25) is 0 Å². The molecule has 0 saturated carbocycles. The third-order valence-corrected chi connectivity index (χ3v) is 5.99. The highest BCUT2D eigenvalue weighted by molar-refractivity contribution is 5.52. The third kappa shape index (κ3) is 4.37. The normalized spacial score (nSPS) is 19.4. The lowest BCUT2D eigenvalue weighted by Crippen LogP contribution is -2.50. The first-order chi connectivity index (χ1) is 14.5. The molecule has 1 fully saturated rings. The van der Waals surface area contributed by atoms with E-state index < -0.39 is 6.10 Å². The van der Waals surface area contributed by atoms with Gasteiger partial charge in [-0.2, -0.15) is 0 Å². The van der Waals surface area contributed by atoms with Crippen LogP contribution in [0.15, 0.2) is 72.8 Å². The minimum Gasteiger partial charge on any atom is -0.388 e. The van der Waals surface area contributed by atoms with Crippen LogP contribution in [-0.2, 0) is 6.54 Å². The molecule has 3 nitrogen and oxygen atoms in total. The first-order valence-corrected chi connectivity index (χ1v) is 10.3. The minimum absolute atomic E-state index is 0.155. The Morgan fingerprint density at radius 2 is 1.50 bits per heavy atom. The summed E-state index contributed by atoms with van der Waals surface area (Å²) in [6.07, 6.45) is 0.815. The van der Waals surface area contributed by atoms with Crippen molar-refractivity contribution >= 4 is 5.69 Å². The zero-order chi connectivity index (χ0) is 21.1. The van der Waals surface area contributed by atoms with Crippen LogP contribution in [0.5, 0.6) is 0 Å². The van der Waals surface area contributed by atoms with E-state index in [2.05, 4.69) is 17.0 Å². The number of aliphatic hydroxyl groups excluding tert-OH is 1. The van der Waals surface area contributed by atoms with Crippen LogP contribution >= 0.6 is 0 Å². The van der Waals surface area contributed by atoms with E-state index in [1.807, 2.05) is 12.1 Å². The molecule has 0 bridgehead atoms. The van der Waals surface area contributed by atoms with Crippen LogP contribution in [0.4, 0.5) is 14.5 Å². The first-order valence-electron chi connectivity index (χ1n) is 10.3. The van der Waals surface area contributed by atoms with Gasteiger partial charge in [-0.1, -0.05) is 36.4 Å². The number of rotatable bonds is 7. The van der Waals surface area contributed by atoms with Gasteiger partial charge in [0, 0.05) is 24.7 Å². The van der Waals surface area contributed by atoms with E-state index >= 15 is 0 Å². The molecule has 1 heterocycles. The maximum atomic E-state index is 13.4. The van der Waals surface area contributed by atoms with E-state index in [0.29, 0.717) is 18.9 Å². The van der Waals surface area contributed by atoms with Gasteiger partial charge in [-0.15, -0.1) is 0 Å². The molecule has 1 saturated heterocycles. The van der Waals surface area contributed by atoms with Crippen LogP contribution in [0, 0.1) is 17.6 Å². The Balaban J connectivity index is 1.49. The predicted molar refractivity (Wildman–Crippen MR) is 115 cm³/mol. The predicted octanol–water partition coefficient (Wildman–Crippen LogP) is 5.11. The number of halogens is 2. The molecule has 0 aliphatic carbocycles. The van der Waals surface area contributed by atoms with Crippen molar-refractivity contribution in [2.75, 3.05) is 11.4 Å². The molecule has 1 aliphatic rings. The molecule has 1 aliphatic heterocycles. The maximum absolute atomic E-state index is 13.4. The largest absolute Gasteiger partial charge is 0.388 e. The van der Waals surface area contributed by atoms with Crippen molar-refractivity contribution in [1.29, 1.82) is 0 Å². The van der Waals surface area contributed by atoms with Crippen molar-refractivity contribution in [3.8, 4) is 0 Å². The summed E-state index contributed by atoms with van der Waals surface area (Å²) >= 11 is 0. The van der Waals surface area contributed by atoms with Crippen LogP contribution in [0.3, 0.4) is 0 Å². The van der Waals surface area contributed by atoms with E-state index in [-0.39, 0.29) is 17.7 Å². The summed E-state index contributed by atoms with van der Waals surface area (Å²) in [5.41, 5.74) is 9.71. The zero-order valence-corrected chi connectivity index (χ0v) is 16.7. The van der Waals surface area contributed by atoms with E-state index in [1.165, 1.54) is 29.8 Å². The molecule has 4 rings (SSSR count). The molecule has 3 atom stereocenters. The molecule has 3 unspecified atom stereocenters. The third-order valence-electron chi connectivity index (χ3n) is 5.99. The quantitative estimate of drug-likeness (QED) is 0.571. The van der Waals surface area contributed by atoms with E-state index in [0.717, 1.165) is 29.8 Å². The molecule has 0 amide bonds. The molecular formula is C25H26F2N2O. The lowest BCUT2D eigenvalue weighted by molar-refractivity contribution is 0.144. The second-order valence-corrected chi connectivity index (χ2v) is 7.92. The highest BCUT2D eigenvalue weighted by atomic mass is 19.1. The molecule has 3 N–H and O–H groups in total. The number of benzene rings is 3. The summed E-state index contributed by atoms with van der Waals surface area (Å²) in [6, 6.07) is 21.0. The topological polar surface area (TPSA) is 49.5 Å². The average molecular weight is 408 g/mol. The molecule has 156 valence electrons. The second-order valence-electron chi connectivity index (χ2n) is 7.92. The summed E-state index contributed by atoms with van der Waals surface area (Å²) in [6.45, 7) is 1.34. The van der Waals surface area contributed by atoms with Gasteiger partial charge in [0.15, 0.2) is 0 Å². The van der Waals surface area contributed by atoms with Crippen LogP contribution in [0.2, 0.25) is 0 Å². The Labute approximate surface area is 175 Å². The first kappa shape index (κ1) is 20.5. The van der Waals surface area contributed by atoms with Crippen molar-refractivity contribution in [3.63, 3.8) is 0 Å². The van der Waals surface area contributed by atoms with Crippen molar-refractivity contribution in [1.82, 2.24) is 0 Å². The number of nitrogens with two attached hydrogens (primary N) is 1.